The van der Waals surface area contributed by atoms with Crippen molar-refractivity contribution in [2.24, 2.45) is 5.92 Å². The van der Waals surface area contributed by atoms with Gasteiger partial charge in [0.15, 0.2) is 11.4 Å². The van der Waals surface area contributed by atoms with Gasteiger partial charge in [-0.15, -0.1) is 0 Å². The van der Waals surface area contributed by atoms with E-state index in [0.717, 1.165) is 49.5 Å². The fraction of sp³-hybridized carbons (Fsp3) is 0.417. The average molecular weight is 950 g/mol. The van der Waals surface area contributed by atoms with Crippen LogP contribution in [0.4, 0.5) is 26.0 Å². The lowest BCUT2D eigenvalue weighted by molar-refractivity contribution is -0.136. The van der Waals surface area contributed by atoms with E-state index in [-0.39, 0.29) is 47.3 Å². The van der Waals surface area contributed by atoms with Gasteiger partial charge in [-0.1, -0.05) is 18.2 Å². The van der Waals surface area contributed by atoms with Gasteiger partial charge >= 0.3 is 0 Å². The Balaban J connectivity index is 0.640. The van der Waals surface area contributed by atoms with Crippen molar-refractivity contribution in [1.29, 1.82) is 0 Å². The highest BCUT2D eigenvalue weighted by molar-refractivity contribution is 6.25. The van der Waals surface area contributed by atoms with Gasteiger partial charge in [0.2, 0.25) is 17.7 Å². The highest BCUT2D eigenvalue weighted by Crippen LogP contribution is 2.34. The van der Waals surface area contributed by atoms with Crippen LogP contribution < -0.4 is 26.6 Å². The van der Waals surface area contributed by atoms with Gasteiger partial charge in [0.05, 0.1) is 55.1 Å². The Morgan fingerprint density at radius 3 is 2.48 bits per heavy atom. The van der Waals surface area contributed by atoms with Gasteiger partial charge in [0.25, 0.3) is 24.1 Å². The zero-order valence-electron chi connectivity index (χ0n) is 37.8. The standard InChI is InChI=1S/C48H53F2N11O8/c49-43(50)42-36(55-44(63)37-28-69-46(56-37)31-12-15-52-39(24-31)53-26-30-4-5-30)27-60(58-42)33-8-6-29(7-9-33)25-51-16-20-67-22-23-68-21-19-59-17-13-32(14-18-59)54-35-3-1-2-34-41(35)48(66)61(47(34)65)38-10-11-40(62)57-45(38)64/h1-3,6-9,12,15,24,27-28,30,32,38,43,51,54H,4-5,10-11,13-14,16-23,25-26H2,(H,52,53)(H,55,63)(H,57,62,64). The van der Waals surface area contributed by atoms with Crippen molar-refractivity contribution in [1.82, 2.24) is 40.2 Å². The summed E-state index contributed by atoms with van der Waals surface area (Å²) < 4.78 is 46.5. The lowest BCUT2D eigenvalue weighted by atomic mass is 10.0. The average Bonchev–Trinajstić information content (AvgIpc) is 3.75. The van der Waals surface area contributed by atoms with Crippen LogP contribution in [-0.2, 0) is 25.6 Å². The lowest BCUT2D eigenvalue weighted by Gasteiger charge is -2.33. The molecule has 3 fully saturated rings. The summed E-state index contributed by atoms with van der Waals surface area (Å²) in [6, 6.07) is 14.9. The molecule has 3 aromatic heterocycles. The maximum atomic E-state index is 14.1. The minimum absolute atomic E-state index is 0.0668. The third-order valence-electron chi connectivity index (χ3n) is 12.5. The topological polar surface area (TPSA) is 227 Å². The summed E-state index contributed by atoms with van der Waals surface area (Å²) in [6.07, 6.45) is 5.44. The quantitative estimate of drug-likeness (QED) is 0.0453. The molecule has 362 valence electrons. The Labute approximate surface area is 395 Å². The molecule has 2 aromatic carbocycles. The van der Waals surface area contributed by atoms with Crippen molar-refractivity contribution in [3.63, 3.8) is 0 Å². The molecule has 69 heavy (non-hydrogen) atoms. The largest absolute Gasteiger partial charge is 0.444 e. The minimum atomic E-state index is -2.94. The molecule has 2 saturated heterocycles. The maximum absolute atomic E-state index is 14.1. The van der Waals surface area contributed by atoms with E-state index in [2.05, 4.69) is 46.6 Å². The molecule has 5 amide bonds. The molecule has 0 spiro atoms. The number of piperidine rings is 2. The third-order valence-corrected chi connectivity index (χ3v) is 12.5. The van der Waals surface area contributed by atoms with Crippen LogP contribution in [0.2, 0.25) is 0 Å². The van der Waals surface area contributed by atoms with Crippen molar-refractivity contribution in [3.05, 3.63) is 101 Å². The maximum Gasteiger partial charge on any atom is 0.284 e. The fourth-order valence-electron chi connectivity index (χ4n) is 8.52. The molecule has 3 aliphatic heterocycles. The molecular weight excluding hydrogens is 897 g/mol. The number of pyridine rings is 1. The molecule has 4 aliphatic rings. The van der Waals surface area contributed by atoms with E-state index >= 15 is 0 Å². The van der Waals surface area contributed by atoms with Crippen LogP contribution in [0.25, 0.3) is 17.1 Å². The van der Waals surface area contributed by atoms with E-state index in [1.165, 1.54) is 30.0 Å². The zero-order valence-corrected chi connectivity index (χ0v) is 37.8. The second kappa shape index (κ2) is 21.6. The molecule has 0 bridgehead atoms. The van der Waals surface area contributed by atoms with Gasteiger partial charge in [-0.05, 0) is 80.0 Å². The van der Waals surface area contributed by atoms with Crippen LogP contribution in [0.3, 0.4) is 0 Å². The number of amides is 5. The lowest BCUT2D eigenvalue weighted by Crippen LogP contribution is -2.54. The number of halogens is 2. The summed E-state index contributed by atoms with van der Waals surface area (Å²) in [5, 5.41) is 18.9. The van der Waals surface area contributed by atoms with Gasteiger partial charge < -0.3 is 40.1 Å². The molecular formula is C48H53F2N11O8. The number of nitrogens with one attached hydrogen (secondary N) is 5. The number of oxazole rings is 1. The summed E-state index contributed by atoms with van der Waals surface area (Å²) in [5.74, 6) is -1.29. The SMILES string of the molecule is O=C1CCC(N2C(=O)c3cccc(NC4CCN(CCOCCOCCNCc5ccc(-n6cc(NC(=O)c7coc(-c8ccnc(NCC9CC9)c8)n7)c(C(F)F)n6)cc5)CC4)c3C2=O)C(=O)N1. The van der Waals surface area contributed by atoms with Gasteiger partial charge in [-0.3, -0.25) is 34.2 Å². The van der Waals surface area contributed by atoms with Gasteiger partial charge in [-0.25, -0.2) is 23.4 Å². The van der Waals surface area contributed by atoms with Crippen LogP contribution in [0.15, 0.2) is 77.7 Å². The molecule has 1 aliphatic carbocycles. The molecule has 1 unspecified atom stereocenters. The summed E-state index contributed by atoms with van der Waals surface area (Å²) >= 11 is 0. The highest BCUT2D eigenvalue weighted by Gasteiger charge is 2.46. The number of hydrogen-bond donors (Lipinski definition) is 5. The van der Waals surface area contributed by atoms with E-state index in [9.17, 15) is 32.8 Å². The van der Waals surface area contributed by atoms with Gasteiger partial charge in [0.1, 0.15) is 18.1 Å². The molecule has 6 heterocycles. The number of ether oxygens (including phenoxy) is 2. The van der Waals surface area contributed by atoms with Crippen LogP contribution in [-0.4, -0.2) is 130 Å². The number of fused-ring (bicyclic) bond motifs is 1. The first-order valence-electron chi connectivity index (χ1n) is 23.2. The molecule has 1 atom stereocenters. The van der Waals surface area contributed by atoms with Crippen molar-refractivity contribution < 1.29 is 46.6 Å². The number of anilines is 3. The number of carbonyl (C=O) groups is 5. The number of carbonyl (C=O) groups excluding carboxylic acids is 5. The van der Waals surface area contributed by atoms with Crippen LogP contribution in [0.5, 0.6) is 0 Å². The Bertz CT molecular complexity index is 2660. The van der Waals surface area contributed by atoms with Crippen LogP contribution >= 0.6 is 0 Å². The summed E-state index contributed by atoms with van der Waals surface area (Å²) in [6.45, 7) is 6.38. The number of nitrogens with zero attached hydrogens (tertiary/aromatic N) is 6. The normalized spacial score (nSPS) is 17.7. The predicted molar refractivity (Wildman–Crippen MR) is 247 cm³/mol. The number of benzene rings is 2. The first-order valence-corrected chi connectivity index (χ1v) is 23.2. The molecule has 9 rings (SSSR count). The Hall–Kier alpha value is -6.94. The molecule has 5 N–H and O–H groups in total. The van der Waals surface area contributed by atoms with Gasteiger partial charge in [0, 0.05) is 69.2 Å². The third kappa shape index (κ3) is 11.5. The smallest absolute Gasteiger partial charge is 0.284 e. The molecule has 19 nitrogen and oxygen atoms in total. The highest BCUT2D eigenvalue weighted by atomic mass is 19.3. The predicted octanol–water partition coefficient (Wildman–Crippen LogP) is 5.03. The minimum Gasteiger partial charge on any atom is -0.444 e. The summed E-state index contributed by atoms with van der Waals surface area (Å²) in [5.41, 5.74) is 2.41. The number of hydrogen-bond acceptors (Lipinski definition) is 15. The number of likely N-dealkylation sites (tertiary alicyclic amines) is 1. The second-order valence-corrected chi connectivity index (χ2v) is 17.4. The number of aromatic nitrogens is 4. The van der Waals surface area contributed by atoms with Gasteiger partial charge in [-0.2, -0.15) is 5.10 Å². The zero-order chi connectivity index (χ0) is 47.9. The van der Waals surface area contributed by atoms with E-state index in [1.54, 1.807) is 48.7 Å². The molecule has 21 heteroatoms. The van der Waals surface area contributed by atoms with Crippen LogP contribution in [0.1, 0.15) is 87.4 Å². The fourth-order valence-corrected chi connectivity index (χ4v) is 8.52. The Morgan fingerprint density at radius 1 is 0.913 bits per heavy atom. The second-order valence-electron chi connectivity index (χ2n) is 17.4. The molecule has 0 radical (unpaired) electrons. The Kier molecular flexibility index (Phi) is 14.7. The van der Waals surface area contributed by atoms with E-state index in [4.69, 9.17) is 13.9 Å². The van der Waals surface area contributed by atoms with E-state index < -0.39 is 47.7 Å². The first kappa shape index (κ1) is 47.1. The monoisotopic (exact) mass is 949 g/mol. The van der Waals surface area contributed by atoms with Crippen molar-refractivity contribution in [2.45, 2.75) is 63.6 Å². The van der Waals surface area contributed by atoms with Crippen molar-refractivity contribution >= 4 is 46.7 Å². The Morgan fingerprint density at radius 2 is 1.71 bits per heavy atom. The molecule has 1 saturated carbocycles. The number of rotatable bonds is 22. The number of imide groups is 2. The van der Waals surface area contributed by atoms with Crippen LogP contribution in [0, 0.1) is 5.92 Å². The summed E-state index contributed by atoms with van der Waals surface area (Å²) in [7, 11) is 0. The van der Waals surface area contributed by atoms with E-state index in [0.29, 0.717) is 68.2 Å². The first-order chi connectivity index (χ1) is 33.6. The van der Waals surface area contributed by atoms with E-state index in [1.807, 2.05) is 12.1 Å². The molecule has 5 aromatic rings. The van der Waals surface area contributed by atoms with Crippen molar-refractivity contribution in [2.75, 3.05) is 75.1 Å². The van der Waals surface area contributed by atoms with Crippen molar-refractivity contribution in [3.8, 4) is 17.1 Å². The number of alkyl halides is 2. The summed E-state index contributed by atoms with van der Waals surface area (Å²) in [4.78, 5) is 75.8.